The van der Waals surface area contributed by atoms with E-state index < -0.39 is 16.0 Å². The highest BCUT2D eigenvalue weighted by Crippen LogP contribution is 2.31. The predicted molar refractivity (Wildman–Crippen MR) is 119 cm³/mol. The van der Waals surface area contributed by atoms with E-state index in [1.807, 2.05) is 24.3 Å². The quantitative estimate of drug-likeness (QED) is 0.343. The first-order chi connectivity index (χ1) is 15.4. The van der Waals surface area contributed by atoms with Crippen LogP contribution in [0, 0.1) is 6.92 Å². The molecule has 8 heteroatoms. The van der Waals surface area contributed by atoms with Gasteiger partial charge in [0.05, 0.1) is 23.7 Å². The normalized spacial score (nSPS) is 15.3. The van der Waals surface area contributed by atoms with Crippen molar-refractivity contribution in [3.63, 3.8) is 0 Å². The third-order valence-corrected chi connectivity index (χ3v) is 7.61. The van der Waals surface area contributed by atoms with Gasteiger partial charge >= 0.3 is 5.97 Å². The van der Waals surface area contributed by atoms with Gasteiger partial charge < -0.3 is 13.9 Å². The van der Waals surface area contributed by atoms with Crippen molar-refractivity contribution in [3.8, 4) is 5.75 Å². The van der Waals surface area contributed by atoms with Gasteiger partial charge in [-0.3, -0.25) is 0 Å². The summed E-state index contributed by atoms with van der Waals surface area (Å²) in [5, 5.41) is 1.76. The Kier molecular flexibility index (Phi) is 5.21. The molecule has 164 valence electrons. The molecule has 0 aliphatic carbocycles. The van der Waals surface area contributed by atoms with E-state index in [1.54, 1.807) is 37.3 Å². The van der Waals surface area contributed by atoms with E-state index in [-0.39, 0.29) is 23.5 Å². The molecule has 0 saturated carbocycles. The molecule has 0 radical (unpaired) electrons. The summed E-state index contributed by atoms with van der Waals surface area (Å²) >= 11 is 0. The molecule has 0 atom stereocenters. The smallest absolute Gasteiger partial charge is 0.343 e. The fourth-order valence-corrected chi connectivity index (χ4v) is 5.52. The van der Waals surface area contributed by atoms with Crippen LogP contribution in [-0.2, 0) is 14.8 Å². The number of fused-ring (bicyclic) bond motifs is 3. The number of para-hydroxylation sites is 1. The summed E-state index contributed by atoms with van der Waals surface area (Å²) in [4.78, 5) is 12.9. The predicted octanol–water partition coefficient (Wildman–Crippen LogP) is 4.13. The molecule has 1 aliphatic rings. The third-order valence-electron chi connectivity index (χ3n) is 5.57. The Morgan fingerprint density at radius 2 is 1.69 bits per heavy atom. The van der Waals surface area contributed by atoms with Crippen molar-refractivity contribution in [1.82, 2.24) is 4.31 Å². The van der Waals surface area contributed by atoms with E-state index in [4.69, 9.17) is 13.9 Å². The lowest BCUT2D eigenvalue weighted by atomic mass is 10.1. The highest BCUT2D eigenvalue weighted by atomic mass is 32.2. The Bertz CT molecular complexity index is 1430. The van der Waals surface area contributed by atoms with Gasteiger partial charge in [0, 0.05) is 23.9 Å². The minimum atomic E-state index is -3.73. The SMILES string of the molecule is Cc1ccc(C(=O)Oc2ccc3oc4ccccc4c3c2)cc1S(=O)(=O)N1CCOCC1. The van der Waals surface area contributed by atoms with Crippen molar-refractivity contribution < 1.29 is 27.1 Å². The van der Waals surface area contributed by atoms with Crippen LogP contribution in [0.15, 0.2) is 70.0 Å². The van der Waals surface area contributed by atoms with Crippen molar-refractivity contribution in [3.05, 3.63) is 71.8 Å². The second-order valence-electron chi connectivity index (χ2n) is 7.64. The Labute approximate surface area is 185 Å². The summed E-state index contributed by atoms with van der Waals surface area (Å²) in [5.41, 5.74) is 2.18. The van der Waals surface area contributed by atoms with Gasteiger partial charge in [0.25, 0.3) is 0 Å². The van der Waals surface area contributed by atoms with E-state index in [2.05, 4.69) is 0 Å². The molecule has 1 fully saturated rings. The first-order valence-electron chi connectivity index (χ1n) is 10.3. The van der Waals surface area contributed by atoms with E-state index >= 15 is 0 Å². The standard InChI is InChI=1S/C24H21NO6S/c1-16-6-7-17(14-23(16)32(27,28)25-10-12-29-13-11-25)24(26)30-18-8-9-22-20(15-18)19-4-2-3-5-21(19)31-22/h2-9,14-15H,10-13H2,1H3. The lowest BCUT2D eigenvalue weighted by Gasteiger charge is -2.26. The van der Waals surface area contributed by atoms with Gasteiger partial charge in [-0.2, -0.15) is 4.31 Å². The van der Waals surface area contributed by atoms with Crippen LogP contribution in [0.5, 0.6) is 5.75 Å². The number of furan rings is 1. The lowest BCUT2D eigenvalue weighted by molar-refractivity contribution is 0.0727. The number of carbonyl (C=O) groups is 1. The highest BCUT2D eigenvalue weighted by molar-refractivity contribution is 7.89. The molecule has 1 saturated heterocycles. The number of carbonyl (C=O) groups excluding carboxylic acids is 1. The van der Waals surface area contributed by atoms with Gasteiger partial charge in [-0.1, -0.05) is 24.3 Å². The molecule has 0 N–H and O–H groups in total. The zero-order chi connectivity index (χ0) is 22.3. The number of hydrogen-bond acceptors (Lipinski definition) is 6. The summed E-state index contributed by atoms with van der Waals surface area (Å²) < 4.78 is 44.2. The van der Waals surface area contributed by atoms with E-state index in [1.165, 1.54) is 10.4 Å². The van der Waals surface area contributed by atoms with E-state index in [0.717, 1.165) is 16.4 Å². The van der Waals surface area contributed by atoms with Crippen molar-refractivity contribution in [2.75, 3.05) is 26.3 Å². The van der Waals surface area contributed by atoms with Gasteiger partial charge in [0.15, 0.2) is 0 Å². The number of aryl methyl sites for hydroxylation is 1. The number of sulfonamides is 1. The zero-order valence-electron chi connectivity index (χ0n) is 17.4. The summed E-state index contributed by atoms with van der Waals surface area (Å²) in [6.07, 6.45) is 0. The van der Waals surface area contributed by atoms with Crippen molar-refractivity contribution in [2.45, 2.75) is 11.8 Å². The van der Waals surface area contributed by atoms with Crippen molar-refractivity contribution >= 4 is 37.9 Å². The molecule has 1 aromatic heterocycles. The second kappa shape index (κ2) is 8.05. The molecule has 7 nitrogen and oxygen atoms in total. The van der Waals surface area contributed by atoms with Crippen LogP contribution in [0.2, 0.25) is 0 Å². The topological polar surface area (TPSA) is 86.0 Å². The van der Waals surface area contributed by atoms with Gasteiger partial charge in [0.1, 0.15) is 16.9 Å². The lowest BCUT2D eigenvalue weighted by Crippen LogP contribution is -2.40. The molecule has 0 bridgehead atoms. The maximum Gasteiger partial charge on any atom is 0.343 e. The fraction of sp³-hybridized carbons (Fsp3) is 0.208. The average Bonchev–Trinajstić information content (AvgIpc) is 3.18. The van der Waals surface area contributed by atoms with Crippen LogP contribution in [0.1, 0.15) is 15.9 Å². The number of morpholine rings is 1. The molecular formula is C24H21NO6S. The molecule has 3 aromatic carbocycles. The Hall–Kier alpha value is -3.20. The average molecular weight is 452 g/mol. The molecular weight excluding hydrogens is 430 g/mol. The number of ether oxygens (including phenoxy) is 2. The number of esters is 1. The number of rotatable bonds is 4. The van der Waals surface area contributed by atoms with Gasteiger partial charge in [-0.25, -0.2) is 13.2 Å². The van der Waals surface area contributed by atoms with E-state index in [0.29, 0.717) is 30.1 Å². The van der Waals surface area contributed by atoms with Crippen LogP contribution in [0.3, 0.4) is 0 Å². The molecule has 4 aromatic rings. The first kappa shape index (κ1) is 20.7. The molecule has 2 heterocycles. The van der Waals surface area contributed by atoms with Crippen molar-refractivity contribution in [2.24, 2.45) is 0 Å². The monoisotopic (exact) mass is 451 g/mol. The number of nitrogens with zero attached hydrogens (tertiary/aromatic N) is 1. The Balaban J connectivity index is 1.45. The molecule has 32 heavy (non-hydrogen) atoms. The molecule has 1 aliphatic heterocycles. The Morgan fingerprint density at radius 1 is 0.938 bits per heavy atom. The maximum atomic E-state index is 13.1. The van der Waals surface area contributed by atoms with E-state index in [9.17, 15) is 13.2 Å². The molecule has 0 unspecified atom stereocenters. The minimum absolute atomic E-state index is 0.102. The van der Waals surface area contributed by atoms with Gasteiger partial charge in [-0.05, 0) is 48.9 Å². The highest BCUT2D eigenvalue weighted by Gasteiger charge is 2.28. The summed E-state index contributed by atoms with van der Waals surface area (Å²) in [6, 6.07) is 17.4. The number of hydrogen-bond donors (Lipinski definition) is 0. The summed E-state index contributed by atoms with van der Waals surface area (Å²) in [7, 11) is -3.73. The first-order valence-corrected chi connectivity index (χ1v) is 11.7. The summed E-state index contributed by atoms with van der Waals surface area (Å²) in [6.45, 7) is 2.99. The maximum absolute atomic E-state index is 13.1. The largest absolute Gasteiger partial charge is 0.456 e. The van der Waals surface area contributed by atoms with Crippen LogP contribution in [-0.4, -0.2) is 45.0 Å². The molecule has 0 spiro atoms. The number of benzene rings is 3. The minimum Gasteiger partial charge on any atom is -0.456 e. The molecule has 0 amide bonds. The zero-order valence-corrected chi connectivity index (χ0v) is 18.2. The van der Waals surface area contributed by atoms with Crippen LogP contribution in [0.25, 0.3) is 21.9 Å². The summed E-state index contributed by atoms with van der Waals surface area (Å²) in [5.74, 6) is -0.275. The van der Waals surface area contributed by atoms with Gasteiger partial charge in [0.2, 0.25) is 10.0 Å². The molecule has 5 rings (SSSR count). The second-order valence-corrected chi connectivity index (χ2v) is 9.55. The van der Waals surface area contributed by atoms with Crippen LogP contribution in [0.4, 0.5) is 0 Å². The third kappa shape index (κ3) is 3.66. The van der Waals surface area contributed by atoms with Crippen LogP contribution >= 0.6 is 0 Å². The van der Waals surface area contributed by atoms with Crippen molar-refractivity contribution in [1.29, 1.82) is 0 Å². The Morgan fingerprint density at radius 3 is 2.50 bits per heavy atom. The van der Waals surface area contributed by atoms with Crippen LogP contribution < -0.4 is 4.74 Å². The fourth-order valence-electron chi connectivity index (χ4n) is 3.87. The van der Waals surface area contributed by atoms with Gasteiger partial charge in [-0.15, -0.1) is 0 Å².